The van der Waals surface area contributed by atoms with Gasteiger partial charge < -0.3 is 34.8 Å². The van der Waals surface area contributed by atoms with Crippen LogP contribution in [0.5, 0.6) is 11.5 Å². The summed E-state index contributed by atoms with van der Waals surface area (Å²) in [4.78, 5) is 40.5. The van der Waals surface area contributed by atoms with Crippen LogP contribution in [0.15, 0.2) is 185 Å². The lowest BCUT2D eigenvalue weighted by Crippen LogP contribution is -2.18. The first-order chi connectivity index (χ1) is 47.2. The molecule has 0 aliphatic heterocycles. The number of halogens is 1. The highest BCUT2D eigenvalue weighted by atomic mass is 79.9. The van der Waals surface area contributed by atoms with Crippen LogP contribution >= 0.6 is 15.9 Å². The molecule has 0 spiro atoms. The molecular formula is C84H129BrN10O3. The highest BCUT2D eigenvalue weighted by Gasteiger charge is 2.14. The highest BCUT2D eigenvalue weighted by Crippen LogP contribution is 2.26. The van der Waals surface area contributed by atoms with E-state index in [1.54, 1.807) is 12.4 Å². The van der Waals surface area contributed by atoms with E-state index in [0.717, 1.165) is 78.7 Å². The molecule has 7 aromatic rings. The van der Waals surface area contributed by atoms with Gasteiger partial charge in [0.15, 0.2) is 0 Å². The monoisotopic (exact) mass is 1400 g/mol. The van der Waals surface area contributed by atoms with Crippen LogP contribution in [0.25, 0.3) is 0 Å². The summed E-state index contributed by atoms with van der Waals surface area (Å²) in [6, 6.07) is 28.2. The quantitative estimate of drug-likeness (QED) is 0.0133. The van der Waals surface area contributed by atoms with Gasteiger partial charge >= 0.3 is 5.97 Å². The molecule has 0 saturated carbocycles. The Balaban J connectivity index is 0.00000111. The number of ether oxygens (including phenoxy) is 1. The number of nitrogens with one attached hydrogen (secondary N) is 1. The first-order valence-electron chi connectivity index (χ1n) is 35.7. The van der Waals surface area contributed by atoms with Crippen molar-refractivity contribution in [2.45, 2.75) is 191 Å². The topological polar surface area (TPSA) is 136 Å². The van der Waals surface area contributed by atoms with Crippen molar-refractivity contribution in [3.63, 3.8) is 0 Å². The molecule has 0 aliphatic rings. The number of phenolic OH excluding ortho intramolecular Hbond substituents is 1. The summed E-state index contributed by atoms with van der Waals surface area (Å²) in [6.45, 7) is 35.5. The van der Waals surface area contributed by atoms with Crippen LogP contribution in [0.1, 0.15) is 183 Å². The first-order valence-corrected chi connectivity index (χ1v) is 36.8. The molecule has 0 radical (unpaired) electrons. The summed E-state index contributed by atoms with van der Waals surface area (Å²) in [6.07, 6.45) is 48.4. The normalized spacial score (nSPS) is 9.89. The Labute approximate surface area is 605 Å². The standard InChI is InChI=1S/2C13H22N2.C13H18O2.2C12H18N2.C9H12O.C6H11Br.C6H8N2/c2*1-3-4-5-6-7-12-15(2)13-8-10-14-11-9-13;1-8(2)13(14)15-12-10(4)6-9(3)7-11(12)5;2*1-3-4-5-6-11-14(2)12-7-9-13-10-8-12;1-6-4-7(2)9(10)8(3)5-6;1-2-3-4-5-6-7;1-7-6-2-4-8-5-3-6/h2*8-11H,3-7,12H2,1-2H3;6-8H,1-5H3;2*3,7-10H,1,4-6,11H2,2H3;4-5,10H,1-3H3;2H,1,3-6H2;2-5H,1H3,(H,7,8). The highest BCUT2D eigenvalue weighted by molar-refractivity contribution is 9.09. The number of esters is 1. The van der Waals surface area contributed by atoms with Crippen molar-refractivity contribution >= 4 is 50.3 Å². The van der Waals surface area contributed by atoms with E-state index in [-0.39, 0.29) is 11.9 Å². The number of allylic oxidation sites excluding steroid dienone is 3. The second-order valence-corrected chi connectivity index (χ2v) is 25.7. The largest absolute Gasteiger partial charge is 0.507 e. The number of hydrogen-bond acceptors (Lipinski definition) is 13. The minimum Gasteiger partial charge on any atom is -0.507 e. The predicted octanol–water partition coefficient (Wildman–Crippen LogP) is 22.1. The van der Waals surface area contributed by atoms with Crippen LogP contribution in [0.4, 0.5) is 28.4 Å². The molecule has 0 aliphatic carbocycles. The van der Waals surface area contributed by atoms with Crippen molar-refractivity contribution in [1.29, 1.82) is 0 Å². The summed E-state index contributed by atoms with van der Waals surface area (Å²) in [5, 5.41) is 13.4. The molecule has 0 saturated heterocycles. The van der Waals surface area contributed by atoms with Gasteiger partial charge in [-0.05, 0) is 195 Å². The maximum Gasteiger partial charge on any atom is 0.313 e. The number of rotatable bonds is 33. The number of hydrogen-bond donors (Lipinski definition) is 2. The molecule has 0 bridgehead atoms. The molecule has 0 atom stereocenters. The zero-order chi connectivity index (χ0) is 73.0. The molecular weight excluding hydrogens is 1280 g/mol. The summed E-state index contributed by atoms with van der Waals surface area (Å²) in [5.74, 6) is 0.861. The summed E-state index contributed by atoms with van der Waals surface area (Å²) >= 11 is 3.35. The van der Waals surface area contributed by atoms with Crippen LogP contribution in [-0.4, -0.2) is 103 Å². The van der Waals surface area contributed by atoms with E-state index >= 15 is 0 Å². The Morgan fingerprint density at radius 2 is 0.735 bits per heavy atom. The van der Waals surface area contributed by atoms with E-state index in [1.807, 2.05) is 191 Å². The van der Waals surface area contributed by atoms with E-state index in [2.05, 4.69) is 152 Å². The number of carbonyl (C=O) groups excluding carboxylic acids is 1. The van der Waals surface area contributed by atoms with E-state index in [1.165, 1.54) is 137 Å². The third-order valence-electron chi connectivity index (χ3n) is 15.6. The van der Waals surface area contributed by atoms with Gasteiger partial charge in [-0.25, -0.2) is 0 Å². The van der Waals surface area contributed by atoms with Crippen LogP contribution in [0.3, 0.4) is 0 Å². The van der Waals surface area contributed by atoms with Crippen molar-refractivity contribution in [3.05, 3.63) is 218 Å². The maximum absolute atomic E-state index is 11.5. The van der Waals surface area contributed by atoms with Gasteiger partial charge in [-0.15, -0.1) is 19.7 Å². The Hall–Kier alpha value is -7.84. The minimum atomic E-state index is -0.176. The Morgan fingerprint density at radius 3 is 1.00 bits per heavy atom. The fourth-order valence-electron chi connectivity index (χ4n) is 9.71. The second kappa shape index (κ2) is 60.3. The second-order valence-electron chi connectivity index (χ2n) is 24.9. The van der Waals surface area contributed by atoms with Gasteiger partial charge in [-0.1, -0.05) is 149 Å². The smallest absolute Gasteiger partial charge is 0.313 e. The number of aromatic nitrogens is 5. The van der Waals surface area contributed by atoms with Crippen molar-refractivity contribution < 1.29 is 14.6 Å². The summed E-state index contributed by atoms with van der Waals surface area (Å²) in [5.41, 5.74) is 12.4. The molecule has 5 aromatic heterocycles. The number of anilines is 5. The SMILES string of the molecule is C=CCCCCBr.C=CCCCCN(C)c1ccncc1.C=CCCCCN(C)c1ccncc1.CCCCCCCN(C)c1ccncc1.CCCCCCCN(C)c1ccncc1.CNc1ccncc1.Cc1cc(C)c(O)c(C)c1.Cc1cc(C)c(OC(=O)C(C)C)c(C)c1. The molecule has 7 rings (SSSR count). The van der Waals surface area contributed by atoms with Crippen molar-refractivity contribution in [2.75, 3.05) is 91.7 Å². The third-order valence-corrected chi connectivity index (χ3v) is 16.1. The number of nitrogens with zero attached hydrogens (tertiary/aromatic N) is 9. The fourth-order valence-corrected chi connectivity index (χ4v) is 10.1. The number of aromatic hydroxyl groups is 1. The van der Waals surface area contributed by atoms with Gasteiger partial charge in [0.1, 0.15) is 11.5 Å². The number of phenols is 1. The average molecular weight is 1410 g/mol. The number of pyridine rings is 5. The summed E-state index contributed by atoms with van der Waals surface area (Å²) in [7, 11) is 10.4. The summed E-state index contributed by atoms with van der Waals surface area (Å²) < 4.78 is 5.35. The van der Waals surface area contributed by atoms with Crippen LogP contribution in [-0.2, 0) is 4.79 Å². The van der Waals surface area contributed by atoms with Crippen molar-refractivity contribution in [2.24, 2.45) is 5.92 Å². The fraction of sp³-hybridized carbons (Fsp3) is 0.476. The Morgan fingerprint density at radius 1 is 0.459 bits per heavy atom. The maximum atomic E-state index is 11.5. The minimum absolute atomic E-state index is 0.0925. The van der Waals surface area contributed by atoms with Gasteiger partial charge in [-0.3, -0.25) is 29.7 Å². The molecule has 0 fully saturated rings. The van der Waals surface area contributed by atoms with E-state index in [4.69, 9.17) is 4.74 Å². The third kappa shape index (κ3) is 46.4. The molecule has 13 nitrogen and oxygen atoms in total. The number of aryl methyl sites for hydroxylation is 6. The molecule has 0 unspecified atom stereocenters. The van der Waals surface area contributed by atoms with E-state index < -0.39 is 0 Å². The molecule has 98 heavy (non-hydrogen) atoms. The molecule has 2 aromatic carbocycles. The Kier molecular flexibility index (Phi) is 55.5. The molecule has 14 heteroatoms. The number of alkyl halides is 1. The van der Waals surface area contributed by atoms with Crippen molar-refractivity contribution in [3.8, 4) is 11.5 Å². The van der Waals surface area contributed by atoms with Crippen LogP contribution < -0.4 is 29.7 Å². The number of carbonyl (C=O) groups is 1. The van der Waals surface area contributed by atoms with Gasteiger partial charge in [-0.2, -0.15) is 0 Å². The van der Waals surface area contributed by atoms with Crippen molar-refractivity contribution in [1.82, 2.24) is 24.9 Å². The van der Waals surface area contributed by atoms with Gasteiger partial charge in [0.25, 0.3) is 0 Å². The average Bonchev–Trinajstić information content (AvgIpc) is 0.857. The lowest BCUT2D eigenvalue weighted by atomic mass is 10.1. The zero-order valence-corrected chi connectivity index (χ0v) is 65.0. The molecule has 2 N–H and O–H groups in total. The van der Waals surface area contributed by atoms with Gasteiger partial charge in [0.2, 0.25) is 0 Å². The Bertz CT molecular complexity index is 2870. The predicted molar refractivity (Wildman–Crippen MR) is 431 cm³/mol. The van der Waals surface area contributed by atoms with E-state index in [9.17, 15) is 9.90 Å². The van der Waals surface area contributed by atoms with Crippen LogP contribution in [0, 0.1) is 47.5 Å². The lowest BCUT2D eigenvalue weighted by molar-refractivity contribution is -0.137. The van der Waals surface area contributed by atoms with Crippen LogP contribution in [0.2, 0.25) is 0 Å². The zero-order valence-electron chi connectivity index (χ0n) is 63.4. The number of benzene rings is 2. The first kappa shape index (κ1) is 90.2. The van der Waals surface area contributed by atoms with Gasteiger partial charge in [0, 0.05) is 157 Å². The van der Waals surface area contributed by atoms with Gasteiger partial charge in [0.05, 0.1) is 5.92 Å². The molecule has 5 heterocycles. The molecule has 540 valence electrons. The number of unbranched alkanes of at least 4 members (excludes halogenated alkanes) is 14. The molecule has 0 amide bonds. The lowest BCUT2D eigenvalue weighted by Gasteiger charge is -2.18. The van der Waals surface area contributed by atoms with E-state index in [0.29, 0.717) is 11.5 Å².